The van der Waals surface area contributed by atoms with Crippen molar-refractivity contribution in [3.05, 3.63) is 119 Å². The molecule has 174 valence electrons. The Kier molecular flexibility index (Phi) is 7.60. The van der Waals surface area contributed by atoms with Crippen LogP contribution in [0, 0.1) is 25.2 Å². The number of hydrogen-bond acceptors (Lipinski definition) is 2. The van der Waals surface area contributed by atoms with Crippen LogP contribution in [0.1, 0.15) is 28.9 Å². The molecule has 0 spiro atoms. The second-order valence-corrected chi connectivity index (χ2v) is 8.59. The van der Waals surface area contributed by atoms with E-state index in [-0.39, 0.29) is 11.5 Å². The van der Waals surface area contributed by atoms with Crippen LogP contribution in [-0.2, 0) is 11.2 Å². The third-order valence-corrected chi connectivity index (χ3v) is 6.14. The van der Waals surface area contributed by atoms with Gasteiger partial charge in [0.15, 0.2) is 0 Å². The van der Waals surface area contributed by atoms with Gasteiger partial charge in [-0.1, -0.05) is 72.8 Å². The molecule has 4 nitrogen and oxygen atoms in total. The quantitative estimate of drug-likeness (QED) is 0.188. The van der Waals surface area contributed by atoms with Crippen LogP contribution >= 0.6 is 0 Å². The number of carbonyl (C=O) groups is 1. The van der Waals surface area contributed by atoms with Crippen molar-refractivity contribution < 1.29 is 4.79 Å². The van der Waals surface area contributed by atoms with E-state index in [1.54, 1.807) is 6.08 Å². The van der Waals surface area contributed by atoms with Gasteiger partial charge in [-0.25, -0.2) is 0 Å². The fraction of sp³-hybridized carbons (Fsp3) is 0.161. The highest BCUT2D eigenvalue weighted by atomic mass is 16.1. The van der Waals surface area contributed by atoms with Crippen molar-refractivity contribution in [2.24, 2.45) is 0 Å². The first kappa shape index (κ1) is 23.8. The molecule has 4 rings (SSSR count). The van der Waals surface area contributed by atoms with Gasteiger partial charge in [0.05, 0.1) is 0 Å². The number of benzene rings is 3. The van der Waals surface area contributed by atoms with Crippen LogP contribution in [-0.4, -0.2) is 17.0 Å². The van der Waals surface area contributed by atoms with Crippen molar-refractivity contribution >= 4 is 12.0 Å². The van der Waals surface area contributed by atoms with Gasteiger partial charge >= 0.3 is 0 Å². The van der Waals surface area contributed by atoms with Gasteiger partial charge in [0.1, 0.15) is 11.6 Å². The molecular weight excluding hydrogens is 430 g/mol. The SMILES string of the molecule is Cc1cc(/C=C(\C#N)C(=O)NCCCc2ccccc2)c(C)n1-c1ccc(-c2ccccc2)cc1. The summed E-state index contributed by atoms with van der Waals surface area (Å²) in [7, 11) is 0. The summed E-state index contributed by atoms with van der Waals surface area (Å²) in [5, 5.41) is 12.5. The number of hydrogen-bond donors (Lipinski definition) is 1. The topological polar surface area (TPSA) is 57.8 Å². The van der Waals surface area contributed by atoms with Crippen LogP contribution in [0.15, 0.2) is 96.6 Å². The maximum absolute atomic E-state index is 12.6. The van der Waals surface area contributed by atoms with E-state index in [0.29, 0.717) is 6.54 Å². The number of nitrogens with one attached hydrogen (secondary N) is 1. The molecule has 0 aliphatic heterocycles. The van der Waals surface area contributed by atoms with E-state index >= 15 is 0 Å². The number of aryl methyl sites for hydroxylation is 2. The van der Waals surface area contributed by atoms with Crippen LogP contribution in [0.3, 0.4) is 0 Å². The van der Waals surface area contributed by atoms with Crippen LogP contribution in [0.25, 0.3) is 22.9 Å². The van der Waals surface area contributed by atoms with Gasteiger partial charge < -0.3 is 9.88 Å². The van der Waals surface area contributed by atoms with Gasteiger partial charge in [0.2, 0.25) is 0 Å². The van der Waals surface area contributed by atoms with E-state index in [4.69, 9.17) is 0 Å². The summed E-state index contributed by atoms with van der Waals surface area (Å²) in [5.74, 6) is -0.336. The summed E-state index contributed by atoms with van der Waals surface area (Å²) < 4.78 is 2.15. The number of aromatic nitrogens is 1. The summed E-state index contributed by atoms with van der Waals surface area (Å²) in [5.41, 5.74) is 7.63. The number of nitrogens with zero attached hydrogens (tertiary/aromatic N) is 2. The Morgan fingerprint density at radius 1 is 0.914 bits per heavy atom. The highest BCUT2D eigenvalue weighted by molar-refractivity contribution is 6.01. The molecule has 3 aromatic carbocycles. The molecule has 0 aliphatic carbocycles. The fourth-order valence-corrected chi connectivity index (χ4v) is 4.30. The number of nitriles is 1. The molecule has 1 heterocycles. The van der Waals surface area contributed by atoms with Crippen LogP contribution in [0.2, 0.25) is 0 Å². The number of rotatable bonds is 8. The van der Waals surface area contributed by atoms with E-state index in [9.17, 15) is 10.1 Å². The van der Waals surface area contributed by atoms with Gasteiger partial charge in [-0.15, -0.1) is 0 Å². The second kappa shape index (κ2) is 11.2. The lowest BCUT2D eigenvalue weighted by molar-refractivity contribution is -0.117. The van der Waals surface area contributed by atoms with Crippen LogP contribution in [0.5, 0.6) is 0 Å². The molecule has 1 aromatic heterocycles. The second-order valence-electron chi connectivity index (χ2n) is 8.59. The van der Waals surface area contributed by atoms with Gasteiger partial charge in [0.25, 0.3) is 5.91 Å². The Hall–Kier alpha value is -4.36. The molecule has 0 fully saturated rings. The Balaban J connectivity index is 1.46. The van der Waals surface area contributed by atoms with Gasteiger partial charge in [-0.3, -0.25) is 4.79 Å². The van der Waals surface area contributed by atoms with Crippen molar-refractivity contribution in [1.29, 1.82) is 5.26 Å². The van der Waals surface area contributed by atoms with E-state index in [2.05, 4.69) is 64.5 Å². The molecular formula is C31H29N3O. The first-order valence-corrected chi connectivity index (χ1v) is 11.9. The minimum absolute atomic E-state index is 0.115. The average Bonchev–Trinajstić information content (AvgIpc) is 3.18. The standard InChI is InChI=1S/C31H29N3O/c1-23-20-28(21-29(22-32)31(35)33-19-9-12-25-10-5-3-6-11-25)24(2)34(23)30-17-15-27(16-18-30)26-13-7-4-8-14-26/h3-8,10-11,13-18,20-21H,9,12,19H2,1-2H3,(H,33,35)/b29-21+. The molecule has 4 aromatic rings. The first-order valence-electron chi connectivity index (χ1n) is 11.9. The fourth-order valence-electron chi connectivity index (χ4n) is 4.30. The zero-order valence-electron chi connectivity index (χ0n) is 20.2. The predicted molar refractivity (Wildman–Crippen MR) is 142 cm³/mol. The van der Waals surface area contributed by atoms with Crippen LogP contribution in [0.4, 0.5) is 0 Å². The molecule has 0 aliphatic rings. The van der Waals surface area contributed by atoms with Gasteiger partial charge in [0, 0.05) is 23.6 Å². The predicted octanol–water partition coefficient (Wildman–Crippen LogP) is 6.42. The lowest BCUT2D eigenvalue weighted by atomic mass is 10.1. The zero-order chi connectivity index (χ0) is 24.6. The molecule has 0 bridgehead atoms. The molecule has 0 unspecified atom stereocenters. The Labute approximate surface area is 207 Å². The maximum Gasteiger partial charge on any atom is 0.261 e. The van der Waals surface area contributed by atoms with Crippen molar-refractivity contribution in [3.8, 4) is 22.9 Å². The molecule has 1 amide bonds. The normalized spacial score (nSPS) is 11.2. The molecule has 0 saturated heterocycles. The largest absolute Gasteiger partial charge is 0.351 e. The third-order valence-electron chi connectivity index (χ3n) is 6.14. The van der Waals surface area contributed by atoms with E-state index in [1.807, 2.05) is 56.3 Å². The lowest BCUT2D eigenvalue weighted by Crippen LogP contribution is -2.25. The summed E-state index contributed by atoms with van der Waals surface area (Å²) >= 11 is 0. The minimum Gasteiger partial charge on any atom is -0.351 e. The smallest absolute Gasteiger partial charge is 0.261 e. The molecule has 4 heteroatoms. The highest BCUT2D eigenvalue weighted by Gasteiger charge is 2.14. The summed E-state index contributed by atoms with van der Waals surface area (Å²) in [6.45, 7) is 4.57. The molecule has 1 N–H and O–H groups in total. The van der Waals surface area contributed by atoms with Gasteiger partial charge in [-0.05, 0) is 73.2 Å². The first-order chi connectivity index (χ1) is 17.1. The lowest BCUT2D eigenvalue weighted by Gasteiger charge is -2.11. The Morgan fingerprint density at radius 3 is 2.20 bits per heavy atom. The molecule has 0 radical (unpaired) electrons. The Bertz CT molecular complexity index is 1360. The van der Waals surface area contributed by atoms with E-state index in [1.165, 1.54) is 11.1 Å². The monoisotopic (exact) mass is 459 g/mol. The Morgan fingerprint density at radius 2 is 1.54 bits per heavy atom. The molecule has 0 saturated carbocycles. The maximum atomic E-state index is 12.6. The summed E-state index contributed by atoms with van der Waals surface area (Å²) in [6, 6.07) is 33.0. The minimum atomic E-state index is -0.336. The third kappa shape index (κ3) is 5.77. The zero-order valence-corrected chi connectivity index (χ0v) is 20.2. The van der Waals surface area contributed by atoms with Crippen molar-refractivity contribution in [2.45, 2.75) is 26.7 Å². The summed E-state index contributed by atoms with van der Waals surface area (Å²) in [4.78, 5) is 12.6. The van der Waals surface area contributed by atoms with Crippen molar-refractivity contribution in [1.82, 2.24) is 9.88 Å². The summed E-state index contributed by atoms with van der Waals surface area (Å²) in [6.07, 6.45) is 3.39. The number of amides is 1. The molecule has 35 heavy (non-hydrogen) atoms. The van der Waals surface area contributed by atoms with Crippen molar-refractivity contribution in [3.63, 3.8) is 0 Å². The average molecular weight is 460 g/mol. The van der Waals surface area contributed by atoms with E-state index < -0.39 is 0 Å². The van der Waals surface area contributed by atoms with Crippen LogP contribution < -0.4 is 5.32 Å². The highest BCUT2D eigenvalue weighted by Crippen LogP contribution is 2.25. The van der Waals surface area contributed by atoms with Gasteiger partial charge in [-0.2, -0.15) is 5.26 Å². The molecule has 0 atom stereocenters. The van der Waals surface area contributed by atoms with E-state index in [0.717, 1.165) is 41.0 Å². The number of carbonyl (C=O) groups excluding carboxylic acids is 1. The van der Waals surface area contributed by atoms with Crippen molar-refractivity contribution in [2.75, 3.05) is 6.54 Å².